The summed E-state index contributed by atoms with van der Waals surface area (Å²) in [6.45, 7) is 2.29. The van der Waals surface area contributed by atoms with Gasteiger partial charge in [-0.05, 0) is 53.6 Å². The molecule has 0 atom stereocenters. The van der Waals surface area contributed by atoms with E-state index in [4.69, 9.17) is 10.00 Å². The van der Waals surface area contributed by atoms with Crippen LogP contribution < -0.4 is 4.74 Å². The van der Waals surface area contributed by atoms with Crippen LogP contribution in [0.2, 0.25) is 0 Å². The van der Waals surface area contributed by atoms with E-state index >= 15 is 0 Å². The first-order valence-corrected chi connectivity index (χ1v) is 12.5. The molecule has 32 heavy (non-hydrogen) atoms. The number of unbranched alkanes of at least 4 members (excludes halogenated alkanes) is 3. The molecule has 0 bridgehead atoms. The van der Waals surface area contributed by atoms with Crippen LogP contribution in [0.25, 0.3) is 11.1 Å². The molecule has 2 aromatic rings. The fourth-order valence-corrected chi connectivity index (χ4v) is 4.82. The van der Waals surface area contributed by atoms with E-state index < -0.39 is 0 Å². The molecule has 0 unspecified atom stereocenters. The highest BCUT2D eigenvalue weighted by atomic mass is 16.5. The molecule has 0 N–H and O–H groups in total. The number of rotatable bonds is 11. The predicted molar refractivity (Wildman–Crippen MR) is 130 cm³/mol. The molecule has 1 aliphatic rings. The van der Waals surface area contributed by atoms with Crippen LogP contribution in [0.15, 0.2) is 48.5 Å². The number of ether oxygens (including phenoxy) is 1. The van der Waals surface area contributed by atoms with Crippen molar-refractivity contribution in [3.05, 3.63) is 54.1 Å². The molecule has 1 fully saturated rings. The number of hydrogen-bond acceptors (Lipinski definition) is 3. The normalized spacial score (nSPS) is 18.1. The van der Waals surface area contributed by atoms with Crippen LogP contribution in [0.3, 0.4) is 0 Å². The Hall–Kier alpha value is -2.60. The van der Waals surface area contributed by atoms with Gasteiger partial charge in [0, 0.05) is 6.42 Å². The van der Waals surface area contributed by atoms with Gasteiger partial charge in [-0.15, -0.1) is 0 Å². The van der Waals surface area contributed by atoms with Gasteiger partial charge in [-0.25, -0.2) is 0 Å². The first-order chi connectivity index (χ1) is 15.7. The maximum atomic E-state index is 12.2. The molecule has 1 aliphatic carbocycles. The van der Waals surface area contributed by atoms with Crippen molar-refractivity contribution < 1.29 is 9.53 Å². The molecule has 3 heteroatoms. The van der Waals surface area contributed by atoms with Crippen LogP contribution in [0.4, 0.5) is 0 Å². The Morgan fingerprint density at radius 3 is 1.97 bits per heavy atom. The fourth-order valence-electron chi connectivity index (χ4n) is 4.82. The molecule has 1 saturated carbocycles. The first-order valence-electron chi connectivity index (χ1n) is 12.5. The Labute approximate surface area is 193 Å². The van der Waals surface area contributed by atoms with Crippen LogP contribution in [-0.2, 0) is 4.79 Å². The summed E-state index contributed by atoms with van der Waals surface area (Å²) in [5.74, 6) is 2.34. The number of nitriles is 1. The van der Waals surface area contributed by atoms with Gasteiger partial charge in [0.25, 0.3) is 0 Å². The van der Waals surface area contributed by atoms with Crippen LogP contribution in [0.1, 0.15) is 89.5 Å². The van der Waals surface area contributed by atoms with Gasteiger partial charge < -0.3 is 4.74 Å². The lowest BCUT2D eigenvalue weighted by Gasteiger charge is -2.28. The molecule has 0 radical (unpaired) electrons. The molecule has 0 aromatic heterocycles. The molecular weight excluding hydrogens is 394 g/mol. The Bertz CT molecular complexity index is 856. The minimum Gasteiger partial charge on any atom is -0.427 e. The summed E-state index contributed by atoms with van der Waals surface area (Å²) in [6.07, 6.45) is 14.9. The molecule has 2 aromatic carbocycles. The second-order valence-corrected chi connectivity index (χ2v) is 9.32. The third-order valence-corrected chi connectivity index (χ3v) is 6.86. The zero-order chi connectivity index (χ0) is 22.6. The van der Waals surface area contributed by atoms with Crippen molar-refractivity contribution in [1.29, 1.82) is 5.26 Å². The maximum absolute atomic E-state index is 12.2. The third kappa shape index (κ3) is 7.83. The molecule has 0 spiro atoms. The summed E-state index contributed by atoms with van der Waals surface area (Å²) in [6, 6.07) is 17.2. The zero-order valence-electron chi connectivity index (χ0n) is 19.5. The van der Waals surface area contributed by atoms with Crippen molar-refractivity contribution >= 4 is 5.97 Å². The van der Waals surface area contributed by atoms with Crippen molar-refractivity contribution in [2.45, 2.75) is 84.0 Å². The lowest BCUT2D eigenvalue weighted by molar-refractivity contribution is -0.134. The SMILES string of the molecule is CCCCC1CCC(CCCCCC(=O)Oc2ccc(-c3ccc(C#N)cc3)cc2)CC1. The molecule has 3 rings (SSSR count). The lowest BCUT2D eigenvalue weighted by Crippen LogP contribution is -2.14. The lowest BCUT2D eigenvalue weighted by atomic mass is 9.78. The van der Waals surface area contributed by atoms with E-state index in [-0.39, 0.29) is 5.97 Å². The van der Waals surface area contributed by atoms with Crippen molar-refractivity contribution in [2.75, 3.05) is 0 Å². The first kappa shape index (κ1) is 24.1. The van der Waals surface area contributed by atoms with Gasteiger partial charge in [-0.2, -0.15) is 5.26 Å². The van der Waals surface area contributed by atoms with Crippen molar-refractivity contribution in [3.63, 3.8) is 0 Å². The van der Waals surface area contributed by atoms with Crippen LogP contribution in [-0.4, -0.2) is 5.97 Å². The van der Waals surface area contributed by atoms with Gasteiger partial charge in [-0.1, -0.05) is 95.4 Å². The van der Waals surface area contributed by atoms with E-state index in [1.807, 2.05) is 48.5 Å². The number of carbonyl (C=O) groups is 1. The standard InChI is InChI=1S/C29H37NO2/c1-2-3-7-23-10-12-24(13-11-23)8-5-4-6-9-29(31)32-28-20-18-27(19-21-28)26-16-14-25(22-30)15-17-26/h14-21,23-24H,2-13H2,1H3. The Morgan fingerprint density at radius 2 is 1.41 bits per heavy atom. The topological polar surface area (TPSA) is 50.1 Å². The van der Waals surface area contributed by atoms with Crippen molar-refractivity contribution in [2.24, 2.45) is 11.8 Å². The number of esters is 1. The van der Waals surface area contributed by atoms with Crippen LogP contribution in [0.5, 0.6) is 5.75 Å². The molecular formula is C29H37NO2. The number of benzene rings is 2. The van der Waals surface area contributed by atoms with Crippen LogP contribution >= 0.6 is 0 Å². The van der Waals surface area contributed by atoms with E-state index in [0.29, 0.717) is 17.7 Å². The number of nitrogens with zero attached hydrogens (tertiary/aromatic N) is 1. The highest BCUT2D eigenvalue weighted by Gasteiger charge is 2.20. The molecule has 0 aliphatic heterocycles. The molecule has 0 saturated heterocycles. The van der Waals surface area contributed by atoms with E-state index in [0.717, 1.165) is 35.8 Å². The molecule has 0 amide bonds. The van der Waals surface area contributed by atoms with Crippen LogP contribution in [0, 0.1) is 23.2 Å². The predicted octanol–water partition coefficient (Wildman–Crippen LogP) is 8.08. The molecule has 170 valence electrons. The minimum atomic E-state index is -0.146. The van der Waals surface area contributed by atoms with E-state index in [9.17, 15) is 4.79 Å². The van der Waals surface area contributed by atoms with Gasteiger partial charge in [0.05, 0.1) is 11.6 Å². The average molecular weight is 432 g/mol. The van der Waals surface area contributed by atoms with Gasteiger partial charge >= 0.3 is 5.97 Å². The summed E-state index contributed by atoms with van der Waals surface area (Å²) in [5, 5.41) is 8.90. The van der Waals surface area contributed by atoms with Gasteiger partial charge in [0.15, 0.2) is 0 Å². The van der Waals surface area contributed by atoms with E-state index in [1.165, 1.54) is 57.8 Å². The summed E-state index contributed by atoms with van der Waals surface area (Å²) >= 11 is 0. The zero-order valence-corrected chi connectivity index (χ0v) is 19.5. The Morgan fingerprint density at radius 1 is 0.844 bits per heavy atom. The molecule has 3 nitrogen and oxygen atoms in total. The van der Waals surface area contributed by atoms with E-state index in [2.05, 4.69) is 13.0 Å². The summed E-state index contributed by atoms with van der Waals surface area (Å²) in [4.78, 5) is 12.2. The smallest absolute Gasteiger partial charge is 0.311 e. The average Bonchev–Trinajstić information content (AvgIpc) is 2.84. The Kier molecular flexibility index (Phi) is 9.82. The summed E-state index contributed by atoms with van der Waals surface area (Å²) in [7, 11) is 0. The number of carbonyl (C=O) groups excluding carboxylic acids is 1. The van der Waals surface area contributed by atoms with E-state index in [1.54, 1.807) is 0 Å². The minimum absolute atomic E-state index is 0.146. The number of hydrogen-bond donors (Lipinski definition) is 0. The summed E-state index contributed by atoms with van der Waals surface area (Å²) < 4.78 is 5.50. The van der Waals surface area contributed by atoms with Gasteiger partial charge in [0.2, 0.25) is 0 Å². The largest absolute Gasteiger partial charge is 0.427 e. The quantitative estimate of drug-likeness (QED) is 0.205. The second-order valence-electron chi connectivity index (χ2n) is 9.32. The Balaban J connectivity index is 1.29. The van der Waals surface area contributed by atoms with Crippen molar-refractivity contribution in [3.8, 4) is 22.9 Å². The maximum Gasteiger partial charge on any atom is 0.311 e. The van der Waals surface area contributed by atoms with Gasteiger partial charge in [0.1, 0.15) is 5.75 Å². The fraction of sp³-hybridized carbons (Fsp3) is 0.517. The molecule has 0 heterocycles. The van der Waals surface area contributed by atoms with Crippen molar-refractivity contribution in [1.82, 2.24) is 0 Å². The second kappa shape index (κ2) is 13.1. The van der Waals surface area contributed by atoms with Gasteiger partial charge in [-0.3, -0.25) is 4.79 Å². The summed E-state index contributed by atoms with van der Waals surface area (Å²) in [5.41, 5.74) is 2.72. The highest BCUT2D eigenvalue weighted by molar-refractivity contribution is 5.73. The monoisotopic (exact) mass is 431 g/mol. The third-order valence-electron chi connectivity index (χ3n) is 6.86. The highest BCUT2D eigenvalue weighted by Crippen LogP contribution is 2.34.